The highest BCUT2D eigenvalue weighted by atomic mass is 79.9. The summed E-state index contributed by atoms with van der Waals surface area (Å²) in [5, 5.41) is 11.7. The molecule has 0 unspecified atom stereocenters. The van der Waals surface area contributed by atoms with E-state index in [1.54, 1.807) is 12.1 Å². The van der Waals surface area contributed by atoms with E-state index in [2.05, 4.69) is 21.2 Å². The lowest BCUT2D eigenvalue weighted by molar-refractivity contribution is 0.631. The average molecular weight is 319 g/mol. The van der Waals surface area contributed by atoms with Crippen LogP contribution in [0.15, 0.2) is 34.8 Å². The maximum Gasteiger partial charge on any atom is 0.147 e. The predicted molar refractivity (Wildman–Crippen MR) is 78.0 cm³/mol. The Labute approximate surface area is 120 Å². The number of aryl methyl sites for hydroxylation is 2. The van der Waals surface area contributed by atoms with Crippen molar-refractivity contribution in [1.29, 1.82) is 5.26 Å². The number of nitriles is 1. The van der Waals surface area contributed by atoms with Crippen LogP contribution in [0.3, 0.4) is 0 Å². The van der Waals surface area contributed by atoms with Crippen LogP contribution in [0, 0.1) is 31.0 Å². The molecule has 0 atom stereocenters. The Morgan fingerprint density at radius 2 is 1.79 bits per heavy atom. The largest absolute Gasteiger partial charge is 0.353 e. The Morgan fingerprint density at radius 1 is 1.16 bits per heavy atom. The first-order chi connectivity index (χ1) is 9.01. The quantitative estimate of drug-likeness (QED) is 0.861. The first-order valence-corrected chi connectivity index (χ1v) is 6.54. The van der Waals surface area contributed by atoms with Crippen molar-refractivity contribution in [3.8, 4) is 6.07 Å². The number of benzene rings is 2. The molecular weight excluding hydrogens is 307 g/mol. The van der Waals surface area contributed by atoms with Gasteiger partial charge in [-0.1, -0.05) is 15.9 Å². The number of halogens is 2. The van der Waals surface area contributed by atoms with Gasteiger partial charge in [0.15, 0.2) is 0 Å². The van der Waals surface area contributed by atoms with Crippen LogP contribution in [0.4, 0.5) is 15.8 Å². The summed E-state index contributed by atoms with van der Waals surface area (Å²) in [5.74, 6) is -0.433. The van der Waals surface area contributed by atoms with E-state index < -0.39 is 5.82 Å². The molecule has 1 N–H and O–H groups in total. The topological polar surface area (TPSA) is 35.8 Å². The van der Waals surface area contributed by atoms with Crippen LogP contribution in [-0.2, 0) is 0 Å². The molecule has 2 aromatic rings. The van der Waals surface area contributed by atoms with Crippen molar-refractivity contribution in [2.24, 2.45) is 0 Å². The lowest BCUT2D eigenvalue weighted by atomic mass is 10.1. The third-order valence-corrected chi connectivity index (χ3v) is 4.06. The Hall–Kier alpha value is -1.86. The average Bonchev–Trinajstić information content (AvgIpc) is 2.38. The molecule has 0 aliphatic rings. The second-order valence-electron chi connectivity index (χ2n) is 4.36. The number of nitrogens with zero attached hydrogens (tertiary/aromatic N) is 1. The minimum atomic E-state index is -0.433. The van der Waals surface area contributed by atoms with E-state index in [9.17, 15) is 4.39 Å². The zero-order valence-corrected chi connectivity index (χ0v) is 12.2. The number of rotatable bonds is 2. The normalized spacial score (nSPS) is 10.1. The molecule has 0 aromatic heterocycles. The molecule has 96 valence electrons. The monoisotopic (exact) mass is 318 g/mol. The molecule has 0 bridgehead atoms. The molecule has 19 heavy (non-hydrogen) atoms. The Morgan fingerprint density at radius 3 is 2.32 bits per heavy atom. The van der Waals surface area contributed by atoms with Gasteiger partial charge in [-0.05, 0) is 55.3 Å². The highest BCUT2D eigenvalue weighted by molar-refractivity contribution is 9.10. The van der Waals surface area contributed by atoms with E-state index >= 15 is 0 Å². The fraction of sp³-hybridized carbons (Fsp3) is 0.133. The van der Waals surface area contributed by atoms with E-state index in [-0.39, 0.29) is 0 Å². The summed E-state index contributed by atoms with van der Waals surface area (Å²) in [6, 6.07) is 10.2. The van der Waals surface area contributed by atoms with Crippen LogP contribution in [0.25, 0.3) is 0 Å². The Balaban J connectivity index is 2.34. The van der Waals surface area contributed by atoms with Gasteiger partial charge in [0.2, 0.25) is 0 Å². The molecule has 0 saturated carbocycles. The molecule has 0 radical (unpaired) electrons. The van der Waals surface area contributed by atoms with Gasteiger partial charge in [0.25, 0.3) is 0 Å². The highest BCUT2D eigenvalue weighted by Gasteiger charge is 2.06. The zero-order chi connectivity index (χ0) is 14.0. The van der Waals surface area contributed by atoms with E-state index in [1.165, 1.54) is 6.07 Å². The van der Waals surface area contributed by atoms with Crippen molar-refractivity contribution >= 4 is 27.3 Å². The van der Waals surface area contributed by atoms with Gasteiger partial charge in [-0.25, -0.2) is 4.39 Å². The van der Waals surface area contributed by atoms with E-state index in [4.69, 9.17) is 5.26 Å². The fourth-order valence-electron chi connectivity index (χ4n) is 1.86. The van der Waals surface area contributed by atoms with E-state index in [0.29, 0.717) is 11.3 Å². The van der Waals surface area contributed by atoms with E-state index in [1.807, 2.05) is 32.0 Å². The second kappa shape index (κ2) is 5.41. The predicted octanol–water partition coefficient (Wildman–Crippen LogP) is 4.82. The summed E-state index contributed by atoms with van der Waals surface area (Å²) in [6.07, 6.45) is 0. The van der Waals surface area contributed by atoms with Crippen LogP contribution >= 0.6 is 15.9 Å². The minimum absolute atomic E-state index is 0.311. The third-order valence-electron chi connectivity index (χ3n) is 2.81. The van der Waals surface area contributed by atoms with Gasteiger partial charge >= 0.3 is 0 Å². The Kier molecular flexibility index (Phi) is 3.87. The van der Waals surface area contributed by atoms with Crippen molar-refractivity contribution in [3.05, 3.63) is 57.3 Å². The number of hydrogen-bond acceptors (Lipinski definition) is 2. The highest BCUT2D eigenvalue weighted by Crippen LogP contribution is 2.28. The number of anilines is 2. The molecule has 0 heterocycles. The SMILES string of the molecule is Cc1cc(Nc2ccc(C#N)cc2F)cc(C)c1Br. The van der Waals surface area contributed by atoms with Gasteiger partial charge in [0.1, 0.15) is 5.82 Å². The van der Waals surface area contributed by atoms with Crippen LogP contribution in [0.2, 0.25) is 0 Å². The first kappa shape index (κ1) is 13.6. The minimum Gasteiger partial charge on any atom is -0.353 e. The van der Waals surface area contributed by atoms with Gasteiger partial charge in [-0.2, -0.15) is 5.26 Å². The number of nitrogens with one attached hydrogen (secondary N) is 1. The maximum absolute atomic E-state index is 13.8. The van der Waals surface area contributed by atoms with Crippen LogP contribution < -0.4 is 5.32 Å². The van der Waals surface area contributed by atoms with Gasteiger partial charge < -0.3 is 5.32 Å². The van der Waals surface area contributed by atoms with Crippen molar-refractivity contribution in [2.75, 3.05) is 5.32 Å². The smallest absolute Gasteiger partial charge is 0.147 e. The van der Waals surface area contributed by atoms with Crippen molar-refractivity contribution in [1.82, 2.24) is 0 Å². The molecule has 4 heteroatoms. The molecule has 2 aromatic carbocycles. The van der Waals surface area contributed by atoms with Gasteiger partial charge in [0.05, 0.1) is 17.3 Å². The molecule has 2 nitrogen and oxygen atoms in total. The van der Waals surface area contributed by atoms with Gasteiger partial charge in [-0.15, -0.1) is 0 Å². The first-order valence-electron chi connectivity index (χ1n) is 5.74. The number of hydrogen-bond donors (Lipinski definition) is 1. The molecule has 0 saturated heterocycles. The van der Waals surface area contributed by atoms with Crippen molar-refractivity contribution in [3.63, 3.8) is 0 Å². The summed E-state index contributed by atoms with van der Waals surface area (Å²) in [4.78, 5) is 0. The van der Waals surface area contributed by atoms with Crippen molar-refractivity contribution < 1.29 is 4.39 Å². The Bertz CT molecular complexity index is 651. The molecule has 0 fully saturated rings. The van der Waals surface area contributed by atoms with Crippen LogP contribution in [0.5, 0.6) is 0 Å². The van der Waals surface area contributed by atoms with E-state index in [0.717, 1.165) is 21.3 Å². The summed E-state index contributed by atoms with van der Waals surface area (Å²) in [5.41, 5.74) is 3.65. The van der Waals surface area contributed by atoms with Gasteiger partial charge in [0, 0.05) is 10.2 Å². The fourth-order valence-corrected chi connectivity index (χ4v) is 2.09. The standard InChI is InChI=1S/C15H12BrFN2/c1-9-5-12(6-10(2)15(9)16)19-14-4-3-11(8-18)7-13(14)17/h3-7,19H,1-2H3. The molecule has 2 rings (SSSR count). The maximum atomic E-state index is 13.8. The summed E-state index contributed by atoms with van der Waals surface area (Å²) in [6.45, 7) is 3.97. The van der Waals surface area contributed by atoms with Gasteiger partial charge in [-0.3, -0.25) is 0 Å². The van der Waals surface area contributed by atoms with Crippen LogP contribution in [-0.4, -0.2) is 0 Å². The molecule has 0 spiro atoms. The zero-order valence-electron chi connectivity index (χ0n) is 10.6. The lowest BCUT2D eigenvalue weighted by Gasteiger charge is -2.11. The van der Waals surface area contributed by atoms with Crippen molar-refractivity contribution in [2.45, 2.75) is 13.8 Å². The summed E-state index contributed by atoms with van der Waals surface area (Å²) < 4.78 is 14.8. The third kappa shape index (κ3) is 2.94. The van der Waals surface area contributed by atoms with Crippen LogP contribution in [0.1, 0.15) is 16.7 Å². The lowest BCUT2D eigenvalue weighted by Crippen LogP contribution is -1.96. The molecule has 0 aliphatic heterocycles. The molecule has 0 aliphatic carbocycles. The summed E-state index contributed by atoms with van der Waals surface area (Å²) >= 11 is 3.49. The molecular formula is C15H12BrFN2. The molecule has 0 amide bonds. The second-order valence-corrected chi connectivity index (χ2v) is 5.15. The summed E-state index contributed by atoms with van der Waals surface area (Å²) in [7, 11) is 0.